The molecule has 1 aliphatic heterocycles. The van der Waals surface area contributed by atoms with Gasteiger partial charge in [-0.15, -0.1) is 0 Å². The number of hydrogen-bond donors (Lipinski definition) is 2. The molecule has 1 fully saturated rings. The molecular formula is C32H30Cl3N3O4S. The summed E-state index contributed by atoms with van der Waals surface area (Å²) >= 11 is 18.6. The fourth-order valence-electron chi connectivity index (χ4n) is 4.83. The van der Waals surface area contributed by atoms with Crippen LogP contribution in [0.5, 0.6) is 0 Å². The summed E-state index contributed by atoms with van der Waals surface area (Å²) in [6.07, 6.45) is 2.46. The van der Waals surface area contributed by atoms with Crippen LogP contribution in [0.2, 0.25) is 0 Å². The fourth-order valence-corrected chi connectivity index (χ4v) is 6.00. The van der Waals surface area contributed by atoms with Crippen molar-refractivity contribution >= 4 is 52.5 Å². The standard InChI is InChI=1S/C32H30Cl3N3O4S/c1-20-27(19-43-31-36-13-4-14-37-31)41-29(42-28(20)23-11-9-21(18-39)10-12-23)26-8-3-7-25(16-26)24-6-2-5-22(15-24)17-38-30(40)32(33,34)35/h2-16,20,27-29,39H,17-19H2,1H3,(H,38,40). The molecule has 0 saturated carbocycles. The Bertz CT molecular complexity index is 1520. The summed E-state index contributed by atoms with van der Waals surface area (Å²) in [7, 11) is 0. The third kappa shape index (κ3) is 8.28. The monoisotopic (exact) mass is 657 g/mol. The number of ether oxygens (including phenoxy) is 2. The van der Waals surface area contributed by atoms with Crippen molar-refractivity contribution in [2.45, 2.75) is 47.5 Å². The first-order valence-electron chi connectivity index (χ1n) is 13.7. The van der Waals surface area contributed by atoms with Crippen molar-refractivity contribution in [1.82, 2.24) is 15.3 Å². The van der Waals surface area contributed by atoms with Crippen molar-refractivity contribution in [3.63, 3.8) is 0 Å². The Morgan fingerprint density at radius 3 is 2.30 bits per heavy atom. The van der Waals surface area contributed by atoms with Gasteiger partial charge in [-0.25, -0.2) is 9.97 Å². The molecule has 11 heteroatoms. The number of benzene rings is 3. The van der Waals surface area contributed by atoms with E-state index in [0.717, 1.165) is 33.4 Å². The molecule has 4 unspecified atom stereocenters. The van der Waals surface area contributed by atoms with Crippen LogP contribution in [0.1, 0.15) is 41.6 Å². The van der Waals surface area contributed by atoms with Gasteiger partial charge in [0, 0.05) is 36.2 Å². The van der Waals surface area contributed by atoms with Crippen LogP contribution in [-0.4, -0.2) is 36.6 Å². The number of halogens is 3. The third-order valence-electron chi connectivity index (χ3n) is 7.17. The van der Waals surface area contributed by atoms with Crippen LogP contribution in [0.25, 0.3) is 11.1 Å². The Labute approximate surface area is 269 Å². The van der Waals surface area contributed by atoms with Gasteiger partial charge in [0.1, 0.15) is 0 Å². The normalized spacial score (nSPS) is 20.5. The van der Waals surface area contributed by atoms with Gasteiger partial charge in [-0.2, -0.15) is 0 Å². The number of aliphatic hydroxyl groups excluding tert-OH is 1. The number of nitrogens with one attached hydrogen (secondary N) is 1. The van der Waals surface area contributed by atoms with Crippen LogP contribution in [0.3, 0.4) is 0 Å². The molecule has 2 heterocycles. The van der Waals surface area contributed by atoms with E-state index in [-0.39, 0.29) is 31.3 Å². The minimum atomic E-state index is -2.02. The summed E-state index contributed by atoms with van der Waals surface area (Å²) in [5, 5.41) is 12.9. The zero-order chi connectivity index (χ0) is 30.4. The first-order valence-corrected chi connectivity index (χ1v) is 15.8. The first kappa shape index (κ1) is 31.7. The van der Waals surface area contributed by atoms with Crippen molar-refractivity contribution < 1.29 is 19.4 Å². The average molecular weight is 659 g/mol. The van der Waals surface area contributed by atoms with E-state index in [4.69, 9.17) is 44.3 Å². The minimum Gasteiger partial charge on any atom is -0.392 e. The largest absolute Gasteiger partial charge is 0.392 e. The van der Waals surface area contributed by atoms with Crippen LogP contribution in [0.4, 0.5) is 0 Å². The van der Waals surface area contributed by atoms with Crippen LogP contribution < -0.4 is 5.32 Å². The molecule has 0 bridgehead atoms. The molecule has 1 amide bonds. The second kappa shape index (κ2) is 14.4. The molecule has 0 radical (unpaired) electrons. The molecule has 4 atom stereocenters. The smallest absolute Gasteiger partial charge is 0.272 e. The fraction of sp³-hybridized carbons (Fsp3) is 0.281. The lowest BCUT2D eigenvalue weighted by atomic mass is 9.91. The predicted octanol–water partition coefficient (Wildman–Crippen LogP) is 7.21. The van der Waals surface area contributed by atoms with E-state index >= 15 is 0 Å². The van der Waals surface area contributed by atoms with E-state index < -0.39 is 16.0 Å². The Morgan fingerprint density at radius 2 is 1.60 bits per heavy atom. The Morgan fingerprint density at radius 1 is 0.907 bits per heavy atom. The molecule has 43 heavy (non-hydrogen) atoms. The number of rotatable bonds is 9. The molecule has 4 aromatic rings. The molecule has 3 aromatic carbocycles. The van der Waals surface area contributed by atoms with Gasteiger partial charge in [-0.05, 0) is 46.0 Å². The quantitative estimate of drug-likeness (QED) is 0.112. The molecule has 0 spiro atoms. The van der Waals surface area contributed by atoms with Gasteiger partial charge >= 0.3 is 0 Å². The molecule has 1 saturated heterocycles. The van der Waals surface area contributed by atoms with Gasteiger partial charge in [-0.1, -0.05) is 114 Å². The average Bonchev–Trinajstić information content (AvgIpc) is 3.03. The lowest BCUT2D eigenvalue weighted by Crippen LogP contribution is -2.38. The number of amides is 1. The zero-order valence-electron chi connectivity index (χ0n) is 23.2. The highest BCUT2D eigenvalue weighted by Gasteiger charge is 2.38. The first-order chi connectivity index (χ1) is 20.7. The predicted molar refractivity (Wildman–Crippen MR) is 170 cm³/mol. The van der Waals surface area contributed by atoms with Crippen molar-refractivity contribution in [3.05, 3.63) is 114 Å². The Hall–Kier alpha value is -2.69. The van der Waals surface area contributed by atoms with Gasteiger partial charge in [-0.3, -0.25) is 4.79 Å². The van der Waals surface area contributed by atoms with E-state index in [2.05, 4.69) is 28.3 Å². The highest BCUT2D eigenvalue weighted by atomic mass is 35.6. The van der Waals surface area contributed by atoms with Crippen molar-refractivity contribution in [3.8, 4) is 11.1 Å². The second-order valence-electron chi connectivity index (χ2n) is 10.2. The molecule has 5 rings (SSSR count). The van der Waals surface area contributed by atoms with Gasteiger partial charge in [0.05, 0.1) is 18.8 Å². The SMILES string of the molecule is CC1C(CSc2ncccn2)OC(c2cccc(-c3cccc(CNC(=O)C(Cl)(Cl)Cl)c3)c2)OC1c1ccc(CO)cc1. The van der Waals surface area contributed by atoms with Gasteiger partial charge < -0.3 is 19.9 Å². The highest BCUT2D eigenvalue weighted by molar-refractivity contribution is 7.99. The summed E-state index contributed by atoms with van der Waals surface area (Å²) in [6.45, 7) is 2.33. The number of alkyl halides is 3. The Kier molecular flexibility index (Phi) is 10.6. The molecular weight excluding hydrogens is 629 g/mol. The third-order valence-corrected chi connectivity index (χ3v) is 8.65. The minimum absolute atomic E-state index is 0.0172. The number of aliphatic hydroxyl groups is 1. The van der Waals surface area contributed by atoms with Gasteiger partial charge in [0.25, 0.3) is 9.70 Å². The van der Waals surface area contributed by atoms with Gasteiger partial charge in [0.2, 0.25) is 0 Å². The second-order valence-corrected chi connectivity index (χ2v) is 13.4. The molecule has 2 N–H and O–H groups in total. The topological polar surface area (TPSA) is 93.6 Å². The summed E-state index contributed by atoms with van der Waals surface area (Å²) in [5.41, 5.74) is 5.51. The summed E-state index contributed by atoms with van der Waals surface area (Å²) in [6, 6.07) is 25.4. The van der Waals surface area contributed by atoms with Gasteiger partial charge in [0.15, 0.2) is 11.4 Å². The number of carbonyl (C=O) groups excluding carboxylic acids is 1. The summed E-state index contributed by atoms with van der Waals surface area (Å²) in [4.78, 5) is 20.7. The maximum absolute atomic E-state index is 12.0. The summed E-state index contributed by atoms with van der Waals surface area (Å²) in [5.74, 6) is 0.00537. The van der Waals surface area contributed by atoms with Crippen LogP contribution in [0, 0.1) is 5.92 Å². The molecule has 7 nitrogen and oxygen atoms in total. The van der Waals surface area contributed by atoms with Crippen LogP contribution >= 0.6 is 46.6 Å². The number of carbonyl (C=O) groups is 1. The van der Waals surface area contributed by atoms with Crippen molar-refractivity contribution in [2.24, 2.45) is 5.92 Å². The molecule has 1 aliphatic rings. The Balaban J connectivity index is 1.38. The van der Waals surface area contributed by atoms with Crippen molar-refractivity contribution in [1.29, 1.82) is 0 Å². The number of aromatic nitrogens is 2. The molecule has 1 aromatic heterocycles. The van der Waals surface area contributed by atoms with E-state index in [1.165, 1.54) is 0 Å². The lowest BCUT2D eigenvalue weighted by molar-refractivity contribution is -0.268. The number of thioether (sulfide) groups is 1. The van der Waals surface area contributed by atoms with E-state index in [0.29, 0.717) is 10.9 Å². The van der Waals surface area contributed by atoms with E-state index in [1.807, 2.05) is 66.7 Å². The van der Waals surface area contributed by atoms with Crippen molar-refractivity contribution in [2.75, 3.05) is 5.75 Å². The van der Waals surface area contributed by atoms with E-state index in [1.54, 1.807) is 30.2 Å². The van der Waals surface area contributed by atoms with Crippen LogP contribution in [-0.2, 0) is 27.4 Å². The van der Waals surface area contributed by atoms with E-state index in [9.17, 15) is 9.90 Å². The number of hydrogen-bond acceptors (Lipinski definition) is 7. The zero-order valence-corrected chi connectivity index (χ0v) is 26.3. The highest BCUT2D eigenvalue weighted by Crippen LogP contribution is 2.43. The maximum Gasteiger partial charge on any atom is 0.272 e. The maximum atomic E-state index is 12.0. The lowest BCUT2D eigenvalue weighted by Gasteiger charge is -2.41. The number of nitrogens with zero attached hydrogens (tertiary/aromatic N) is 2. The molecule has 224 valence electrons. The summed E-state index contributed by atoms with van der Waals surface area (Å²) < 4.78 is 11.2. The van der Waals surface area contributed by atoms with Crippen LogP contribution in [0.15, 0.2) is 96.4 Å². The molecule has 0 aliphatic carbocycles.